The van der Waals surface area contributed by atoms with E-state index in [4.69, 9.17) is 5.11 Å². The zero-order valence-corrected chi connectivity index (χ0v) is 9.66. The fourth-order valence-corrected chi connectivity index (χ4v) is 1.97. The molecular weight excluding hydrogens is 176 g/mol. The van der Waals surface area contributed by atoms with Crippen molar-refractivity contribution >= 4 is 0 Å². The molecule has 1 fully saturated rings. The summed E-state index contributed by atoms with van der Waals surface area (Å²) in [4.78, 5) is 2.41. The normalized spacial score (nSPS) is 31.7. The van der Waals surface area contributed by atoms with Gasteiger partial charge in [-0.15, -0.1) is 0 Å². The van der Waals surface area contributed by atoms with E-state index in [1.807, 2.05) is 6.92 Å². The van der Waals surface area contributed by atoms with Gasteiger partial charge in [0.2, 0.25) is 0 Å². The molecule has 14 heavy (non-hydrogen) atoms. The summed E-state index contributed by atoms with van der Waals surface area (Å²) >= 11 is 0. The van der Waals surface area contributed by atoms with Gasteiger partial charge in [-0.2, -0.15) is 0 Å². The Balaban J connectivity index is 2.13. The molecule has 3 unspecified atom stereocenters. The number of nitrogens with one attached hydrogen (secondary N) is 1. The van der Waals surface area contributed by atoms with Crippen LogP contribution in [0.5, 0.6) is 0 Å². The average molecular weight is 200 g/mol. The van der Waals surface area contributed by atoms with Gasteiger partial charge < -0.3 is 15.3 Å². The first-order chi connectivity index (χ1) is 6.59. The summed E-state index contributed by atoms with van der Waals surface area (Å²) < 4.78 is 0. The SMILES string of the molecule is CC(O)CCNC1CCN(C)C(C)C1. The molecule has 0 amide bonds. The summed E-state index contributed by atoms with van der Waals surface area (Å²) in [7, 11) is 2.19. The molecular formula is C11H24N2O. The Hall–Kier alpha value is -0.120. The lowest BCUT2D eigenvalue weighted by Crippen LogP contribution is -2.46. The van der Waals surface area contributed by atoms with Gasteiger partial charge in [0.1, 0.15) is 0 Å². The molecule has 1 rings (SSSR count). The number of aliphatic hydroxyl groups excluding tert-OH is 1. The first kappa shape index (κ1) is 12.0. The largest absolute Gasteiger partial charge is 0.393 e. The van der Waals surface area contributed by atoms with Crippen LogP contribution in [0.15, 0.2) is 0 Å². The zero-order valence-electron chi connectivity index (χ0n) is 9.66. The van der Waals surface area contributed by atoms with Crippen LogP contribution in [-0.2, 0) is 0 Å². The van der Waals surface area contributed by atoms with Crippen molar-refractivity contribution in [3.05, 3.63) is 0 Å². The minimum atomic E-state index is -0.175. The molecule has 3 heteroatoms. The third-order valence-electron chi connectivity index (χ3n) is 3.20. The maximum atomic E-state index is 9.13. The van der Waals surface area contributed by atoms with Crippen LogP contribution in [0.3, 0.4) is 0 Å². The van der Waals surface area contributed by atoms with Gasteiger partial charge in [0, 0.05) is 12.1 Å². The van der Waals surface area contributed by atoms with Crippen molar-refractivity contribution in [2.45, 2.75) is 51.3 Å². The van der Waals surface area contributed by atoms with Gasteiger partial charge in [0.15, 0.2) is 0 Å². The third kappa shape index (κ3) is 3.95. The molecule has 1 heterocycles. The van der Waals surface area contributed by atoms with E-state index < -0.39 is 0 Å². The van der Waals surface area contributed by atoms with E-state index in [1.165, 1.54) is 19.4 Å². The molecule has 1 aliphatic rings. The number of aliphatic hydroxyl groups is 1. The topological polar surface area (TPSA) is 35.5 Å². The molecule has 3 atom stereocenters. The van der Waals surface area contributed by atoms with E-state index >= 15 is 0 Å². The minimum Gasteiger partial charge on any atom is -0.393 e. The number of likely N-dealkylation sites (tertiary alicyclic amines) is 1. The van der Waals surface area contributed by atoms with E-state index in [1.54, 1.807) is 0 Å². The molecule has 3 nitrogen and oxygen atoms in total. The molecule has 0 aromatic rings. The Kier molecular flexibility index (Phi) is 4.85. The van der Waals surface area contributed by atoms with E-state index in [0.29, 0.717) is 12.1 Å². The van der Waals surface area contributed by atoms with Crippen molar-refractivity contribution in [1.82, 2.24) is 10.2 Å². The standard InChI is InChI=1S/C11H24N2O/c1-9-8-11(5-7-13(9)3)12-6-4-10(2)14/h9-12,14H,4-8H2,1-3H3. The Morgan fingerprint density at radius 3 is 2.86 bits per heavy atom. The van der Waals surface area contributed by atoms with Crippen LogP contribution < -0.4 is 5.32 Å². The summed E-state index contributed by atoms with van der Waals surface area (Å²) in [5.41, 5.74) is 0. The molecule has 0 aliphatic carbocycles. The fourth-order valence-electron chi connectivity index (χ4n) is 1.97. The van der Waals surface area contributed by atoms with Gasteiger partial charge >= 0.3 is 0 Å². The highest BCUT2D eigenvalue weighted by Crippen LogP contribution is 2.15. The van der Waals surface area contributed by atoms with Crippen LogP contribution in [0.4, 0.5) is 0 Å². The average Bonchev–Trinajstić information content (AvgIpc) is 2.10. The Morgan fingerprint density at radius 2 is 2.29 bits per heavy atom. The second-order valence-electron chi connectivity index (χ2n) is 4.64. The number of nitrogens with zero attached hydrogens (tertiary/aromatic N) is 1. The quantitative estimate of drug-likeness (QED) is 0.705. The smallest absolute Gasteiger partial charge is 0.0524 e. The first-order valence-corrected chi connectivity index (χ1v) is 5.71. The number of hydrogen-bond donors (Lipinski definition) is 2. The molecule has 0 spiro atoms. The molecule has 0 bridgehead atoms. The molecule has 2 N–H and O–H groups in total. The second kappa shape index (κ2) is 5.69. The van der Waals surface area contributed by atoms with Crippen molar-refractivity contribution in [3.63, 3.8) is 0 Å². The summed E-state index contributed by atoms with van der Waals surface area (Å²) in [6, 6.07) is 1.34. The van der Waals surface area contributed by atoms with Gasteiger partial charge in [-0.25, -0.2) is 0 Å². The summed E-state index contributed by atoms with van der Waals surface area (Å²) in [5.74, 6) is 0. The first-order valence-electron chi connectivity index (χ1n) is 5.71. The molecule has 1 aliphatic heterocycles. The third-order valence-corrected chi connectivity index (χ3v) is 3.20. The molecule has 0 aromatic carbocycles. The van der Waals surface area contributed by atoms with Gasteiger partial charge in [-0.05, 0) is 53.2 Å². The Morgan fingerprint density at radius 1 is 1.57 bits per heavy atom. The highest BCUT2D eigenvalue weighted by atomic mass is 16.3. The highest BCUT2D eigenvalue weighted by molar-refractivity contribution is 4.81. The van der Waals surface area contributed by atoms with E-state index in [2.05, 4.69) is 24.2 Å². The van der Waals surface area contributed by atoms with E-state index in [-0.39, 0.29) is 6.10 Å². The maximum absolute atomic E-state index is 9.13. The number of hydrogen-bond acceptors (Lipinski definition) is 3. The van der Waals surface area contributed by atoms with Crippen LogP contribution in [-0.4, -0.2) is 48.3 Å². The highest BCUT2D eigenvalue weighted by Gasteiger charge is 2.21. The molecule has 0 aromatic heterocycles. The van der Waals surface area contributed by atoms with Crippen LogP contribution in [0.2, 0.25) is 0 Å². The lowest BCUT2D eigenvalue weighted by atomic mass is 9.99. The molecule has 0 saturated carbocycles. The van der Waals surface area contributed by atoms with Crippen molar-refractivity contribution in [3.8, 4) is 0 Å². The van der Waals surface area contributed by atoms with Crippen molar-refractivity contribution < 1.29 is 5.11 Å². The maximum Gasteiger partial charge on any atom is 0.0524 e. The van der Waals surface area contributed by atoms with Crippen molar-refractivity contribution in [2.24, 2.45) is 0 Å². The monoisotopic (exact) mass is 200 g/mol. The Bertz CT molecular complexity index is 161. The predicted octanol–water partition coefficient (Wildman–Crippen LogP) is 0.830. The van der Waals surface area contributed by atoms with Gasteiger partial charge in [0.25, 0.3) is 0 Å². The summed E-state index contributed by atoms with van der Waals surface area (Å²) in [6.45, 7) is 6.26. The molecule has 0 radical (unpaired) electrons. The fraction of sp³-hybridized carbons (Fsp3) is 1.00. The van der Waals surface area contributed by atoms with Gasteiger partial charge in [-0.1, -0.05) is 0 Å². The zero-order chi connectivity index (χ0) is 10.6. The lowest BCUT2D eigenvalue weighted by Gasteiger charge is -2.35. The number of piperidine rings is 1. The predicted molar refractivity (Wildman–Crippen MR) is 59.4 cm³/mol. The minimum absolute atomic E-state index is 0.175. The number of rotatable bonds is 4. The van der Waals surface area contributed by atoms with Crippen LogP contribution in [0.1, 0.15) is 33.1 Å². The lowest BCUT2D eigenvalue weighted by molar-refractivity contribution is 0.157. The molecule has 1 saturated heterocycles. The van der Waals surface area contributed by atoms with E-state index in [0.717, 1.165) is 13.0 Å². The summed E-state index contributed by atoms with van der Waals surface area (Å²) in [6.07, 6.45) is 3.16. The van der Waals surface area contributed by atoms with Crippen LogP contribution >= 0.6 is 0 Å². The van der Waals surface area contributed by atoms with Gasteiger partial charge in [0.05, 0.1) is 6.10 Å². The van der Waals surface area contributed by atoms with Crippen molar-refractivity contribution in [2.75, 3.05) is 20.1 Å². The second-order valence-corrected chi connectivity index (χ2v) is 4.64. The van der Waals surface area contributed by atoms with E-state index in [9.17, 15) is 0 Å². The Labute approximate surface area is 87.5 Å². The molecule has 84 valence electrons. The van der Waals surface area contributed by atoms with Gasteiger partial charge in [-0.3, -0.25) is 0 Å². The summed E-state index contributed by atoms with van der Waals surface area (Å²) in [5, 5.41) is 12.6. The van der Waals surface area contributed by atoms with Crippen LogP contribution in [0.25, 0.3) is 0 Å². The van der Waals surface area contributed by atoms with Crippen molar-refractivity contribution in [1.29, 1.82) is 0 Å². The van der Waals surface area contributed by atoms with Crippen LogP contribution in [0, 0.1) is 0 Å².